The van der Waals surface area contributed by atoms with Crippen molar-refractivity contribution < 1.29 is 24.2 Å². The molecule has 0 spiro atoms. The number of aldehydes is 2. The number of ketones is 1. The Morgan fingerprint density at radius 1 is 1.25 bits per heavy atom. The van der Waals surface area contributed by atoms with E-state index < -0.39 is 15.9 Å². The van der Waals surface area contributed by atoms with Crippen LogP contribution in [0.2, 0.25) is 0 Å². The number of nitro groups is 2. The summed E-state index contributed by atoms with van der Waals surface area (Å²) in [5.74, 6) is 0.235. The van der Waals surface area contributed by atoms with E-state index in [1.54, 1.807) is 0 Å². The molecule has 0 saturated carbocycles. The van der Waals surface area contributed by atoms with Gasteiger partial charge in [-0.1, -0.05) is 6.92 Å². The number of pyridine rings is 1. The number of nitrogens with zero attached hydrogens (tertiary/aromatic N) is 3. The van der Waals surface area contributed by atoms with Crippen LogP contribution >= 0.6 is 0 Å². The molecular formula is C13H13N3NaO7. The van der Waals surface area contributed by atoms with Gasteiger partial charge in [0.25, 0.3) is 5.69 Å². The second kappa shape index (κ2) is 9.96. The zero-order valence-corrected chi connectivity index (χ0v) is 15.1. The van der Waals surface area contributed by atoms with E-state index in [1.165, 1.54) is 12.3 Å². The Labute approximate surface area is 158 Å². The topological polar surface area (TPSA) is 150 Å². The molecule has 0 bridgehead atoms. The SMILES string of the molecule is CC1CC(=O)c2cc([N+](=O)[O-])cnc2C1.O=CC(C=O)[N+](=O)[O-].[Na]. The number of carbonyl (C=O) groups is 3. The van der Waals surface area contributed by atoms with Crippen LogP contribution in [0.1, 0.15) is 29.4 Å². The average molecular weight is 346 g/mol. The maximum Gasteiger partial charge on any atom is 0.321 e. The quantitative estimate of drug-likeness (QED) is 0.250. The van der Waals surface area contributed by atoms with E-state index in [0.29, 0.717) is 17.7 Å². The van der Waals surface area contributed by atoms with Crippen molar-refractivity contribution in [1.29, 1.82) is 0 Å². The van der Waals surface area contributed by atoms with Gasteiger partial charge in [-0.2, -0.15) is 0 Å². The Bertz CT molecular complexity index is 657. The Hall–Kier alpha value is -2.04. The molecule has 0 saturated heterocycles. The molecule has 1 aliphatic carbocycles. The summed E-state index contributed by atoms with van der Waals surface area (Å²) >= 11 is 0. The van der Waals surface area contributed by atoms with E-state index in [0.717, 1.165) is 6.42 Å². The monoisotopic (exact) mass is 346 g/mol. The van der Waals surface area contributed by atoms with Crippen LogP contribution in [0.5, 0.6) is 0 Å². The third-order valence-corrected chi connectivity index (χ3v) is 3.06. The zero-order valence-electron chi connectivity index (χ0n) is 13.1. The van der Waals surface area contributed by atoms with Crippen LogP contribution in [-0.4, -0.2) is 68.8 Å². The van der Waals surface area contributed by atoms with Gasteiger partial charge in [0.2, 0.25) is 12.6 Å². The first-order chi connectivity index (χ1) is 10.8. The van der Waals surface area contributed by atoms with E-state index in [2.05, 4.69) is 4.98 Å². The standard InChI is InChI=1S/C10H10N2O3.C3H3NO4.Na/c1-6-2-9-8(10(13)3-6)4-7(5-11-9)12(14)15;5-1-3(2-6)4(7)8;/h4-6H,2-3H2,1H3;1-3H;. The summed E-state index contributed by atoms with van der Waals surface area (Å²) in [6, 6.07) is -0.355. The van der Waals surface area contributed by atoms with Crippen molar-refractivity contribution in [3.63, 3.8) is 0 Å². The van der Waals surface area contributed by atoms with Gasteiger partial charge >= 0.3 is 6.04 Å². The van der Waals surface area contributed by atoms with Crippen LogP contribution in [0.25, 0.3) is 0 Å². The molecule has 1 heterocycles. The van der Waals surface area contributed by atoms with Gasteiger partial charge in [-0.05, 0) is 12.3 Å². The van der Waals surface area contributed by atoms with Gasteiger partial charge in [-0.3, -0.25) is 39.6 Å². The first-order valence-corrected chi connectivity index (χ1v) is 6.50. The second-order valence-electron chi connectivity index (χ2n) is 4.93. The molecule has 0 aromatic carbocycles. The van der Waals surface area contributed by atoms with Crippen LogP contribution in [-0.2, 0) is 16.0 Å². The molecule has 1 aromatic rings. The predicted octanol–water partition coefficient (Wildman–Crippen LogP) is 0.403. The van der Waals surface area contributed by atoms with E-state index >= 15 is 0 Å². The molecule has 0 fully saturated rings. The van der Waals surface area contributed by atoms with Crippen LogP contribution in [0.4, 0.5) is 5.69 Å². The predicted molar refractivity (Wildman–Crippen MR) is 81.4 cm³/mol. The normalized spacial score (nSPS) is 15.2. The Balaban J connectivity index is 0.000000510. The van der Waals surface area contributed by atoms with Gasteiger partial charge in [0.1, 0.15) is 6.20 Å². The summed E-state index contributed by atoms with van der Waals surface area (Å²) in [4.78, 5) is 53.1. The largest absolute Gasteiger partial charge is 0.321 e. The van der Waals surface area contributed by atoms with Crippen molar-refractivity contribution >= 4 is 53.6 Å². The van der Waals surface area contributed by atoms with Crippen molar-refractivity contribution in [3.05, 3.63) is 43.7 Å². The van der Waals surface area contributed by atoms with Crippen molar-refractivity contribution in [2.75, 3.05) is 0 Å². The van der Waals surface area contributed by atoms with E-state index in [-0.39, 0.29) is 59.5 Å². The molecule has 24 heavy (non-hydrogen) atoms. The summed E-state index contributed by atoms with van der Waals surface area (Å²) in [5.41, 5.74) is 0.989. The minimum atomic E-state index is -1.69. The number of fused-ring (bicyclic) bond motifs is 1. The van der Waals surface area contributed by atoms with Crippen LogP contribution in [0.3, 0.4) is 0 Å². The summed E-state index contributed by atoms with van der Waals surface area (Å²) < 4.78 is 0. The number of aromatic nitrogens is 1. The molecule has 123 valence electrons. The number of carbonyl (C=O) groups excluding carboxylic acids is 3. The Kier molecular flexibility index (Phi) is 9.11. The second-order valence-corrected chi connectivity index (χ2v) is 4.93. The van der Waals surface area contributed by atoms with E-state index in [4.69, 9.17) is 0 Å². The third-order valence-electron chi connectivity index (χ3n) is 3.06. The molecule has 1 aliphatic rings. The molecule has 0 amide bonds. The maximum atomic E-state index is 11.6. The van der Waals surface area contributed by atoms with Gasteiger partial charge < -0.3 is 0 Å². The fourth-order valence-corrected chi connectivity index (χ4v) is 1.95. The summed E-state index contributed by atoms with van der Waals surface area (Å²) in [7, 11) is 0. The van der Waals surface area contributed by atoms with Gasteiger partial charge in [-0.25, -0.2) is 0 Å². The molecule has 1 unspecified atom stereocenters. The average Bonchev–Trinajstić information content (AvgIpc) is 2.48. The molecule has 0 N–H and O–H groups in total. The van der Waals surface area contributed by atoms with Crippen molar-refractivity contribution in [2.24, 2.45) is 5.92 Å². The zero-order chi connectivity index (χ0) is 17.6. The number of hydrogen-bond acceptors (Lipinski definition) is 8. The molecule has 11 heteroatoms. The Morgan fingerprint density at radius 2 is 1.83 bits per heavy atom. The summed E-state index contributed by atoms with van der Waals surface area (Å²) in [6.07, 6.45) is 2.35. The molecule has 0 aliphatic heterocycles. The Morgan fingerprint density at radius 3 is 2.25 bits per heavy atom. The summed E-state index contributed by atoms with van der Waals surface area (Å²) in [5, 5.41) is 20.0. The minimum Gasteiger partial charge on any atom is -0.295 e. The number of Topliss-reactive ketones (excluding diaryl/α,β-unsaturated/α-hetero) is 1. The number of hydrogen-bond donors (Lipinski definition) is 0. The van der Waals surface area contributed by atoms with Crippen LogP contribution in [0.15, 0.2) is 12.3 Å². The smallest absolute Gasteiger partial charge is 0.295 e. The van der Waals surface area contributed by atoms with Crippen molar-refractivity contribution in [2.45, 2.75) is 25.8 Å². The first kappa shape index (κ1) is 22.0. The summed E-state index contributed by atoms with van der Waals surface area (Å²) in [6.45, 7) is 1.98. The number of rotatable bonds is 4. The van der Waals surface area contributed by atoms with Crippen molar-refractivity contribution in [3.8, 4) is 0 Å². The van der Waals surface area contributed by atoms with Crippen molar-refractivity contribution in [1.82, 2.24) is 4.98 Å². The molecule has 2 rings (SSSR count). The third kappa shape index (κ3) is 5.87. The van der Waals surface area contributed by atoms with E-state index in [9.17, 15) is 34.6 Å². The maximum absolute atomic E-state index is 11.6. The molecule has 1 atom stereocenters. The van der Waals surface area contributed by atoms with Gasteiger partial charge in [0.15, 0.2) is 5.78 Å². The fraction of sp³-hybridized carbons (Fsp3) is 0.385. The minimum absolute atomic E-state index is 0. The van der Waals surface area contributed by atoms with Crippen LogP contribution < -0.4 is 0 Å². The molecular weight excluding hydrogens is 333 g/mol. The molecule has 10 nitrogen and oxygen atoms in total. The van der Waals surface area contributed by atoms with E-state index in [1.807, 2.05) is 6.92 Å². The first-order valence-electron chi connectivity index (χ1n) is 6.50. The molecule has 1 aromatic heterocycles. The van der Waals surface area contributed by atoms with Gasteiger partial charge in [0.05, 0.1) is 10.6 Å². The molecule has 1 radical (unpaired) electrons. The van der Waals surface area contributed by atoms with Crippen LogP contribution in [0, 0.1) is 26.1 Å². The van der Waals surface area contributed by atoms with Gasteiger partial charge in [-0.15, -0.1) is 0 Å². The fourth-order valence-electron chi connectivity index (χ4n) is 1.95. The van der Waals surface area contributed by atoms with Gasteiger partial charge in [0, 0.05) is 52.5 Å².